The van der Waals surface area contributed by atoms with Crippen molar-refractivity contribution < 1.29 is 27.5 Å². The van der Waals surface area contributed by atoms with E-state index in [-0.39, 0.29) is 22.4 Å². The maximum atomic E-state index is 13.3. The minimum atomic E-state index is -4.69. The van der Waals surface area contributed by atoms with Crippen LogP contribution in [0.25, 0.3) is 11.0 Å². The van der Waals surface area contributed by atoms with Crippen molar-refractivity contribution in [3.05, 3.63) is 88.7 Å². The molecule has 1 amide bonds. The number of fused-ring (bicyclic) bond motifs is 1. The molecule has 0 bridgehead atoms. The zero-order valence-corrected chi connectivity index (χ0v) is 18.2. The van der Waals surface area contributed by atoms with Crippen LogP contribution in [0.15, 0.2) is 60.9 Å². The van der Waals surface area contributed by atoms with E-state index in [4.69, 9.17) is 10.00 Å². The van der Waals surface area contributed by atoms with Crippen molar-refractivity contribution in [1.82, 2.24) is 9.97 Å². The summed E-state index contributed by atoms with van der Waals surface area (Å²) >= 11 is 0. The fraction of sp³-hybridized carbons (Fsp3) is 0.120. The lowest BCUT2D eigenvalue weighted by atomic mass is 9.99. The number of hydrogen-bond donors (Lipinski definition) is 2. The number of ether oxygens (including phenoxy) is 1. The molecule has 4 aromatic rings. The molecule has 7 nitrogen and oxygen atoms in total. The van der Waals surface area contributed by atoms with Gasteiger partial charge < -0.3 is 15.0 Å². The summed E-state index contributed by atoms with van der Waals surface area (Å²) < 4.78 is 45.4. The minimum Gasteiger partial charge on any atom is -0.483 e. The third kappa shape index (κ3) is 5.14. The highest BCUT2D eigenvalue weighted by atomic mass is 19.4. The van der Waals surface area contributed by atoms with Crippen LogP contribution in [0.1, 0.15) is 32.6 Å². The van der Waals surface area contributed by atoms with Crippen molar-refractivity contribution in [2.75, 3.05) is 11.9 Å². The number of imidazole rings is 1. The first-order valence-electron chi connectivity index (χ1n) is 10.3. The van der Waals surface area contributed by atoms with Gasteiger partial charge in [0.15, 0.2) is 12.4 Å². The van der Waals surface area contributed by atoms with Crippen LogP contribution in [-0.4, -0.2) is 28.3 Å². The number of H-pyrrole nitrogens is 1. The number of ketones is 1. The van der Waals surface area contributed by atoms with E-state index >= 15 is 0 Å². The summed E-state index contributed by atoms with van der Waals surface area (Å²) in [6.45, 7) is 1.23. The summed E-state index contributed by atoms with van der Waals surface area (Å²) in [7, 11) is 0. The quantitative estimate of drug-likeness (QED) is 0.379. The molecule has 1 heterocycles. The van der Waals surface area contributed by atoms with Crippen LogP contribution in [0.2, 0.25) is 0 Å². The Hall–Kier alpha value is -4.65. The summed E-state index contributed by atoms with van der Waals surface area (Å²) in [6, 6.07) is 13.4. The van der Waals surface area contributed by atoms with E-state index in [0.717, 1.165) is 23.2 Å². The fourth-order valence-electron chi connectivity index (χ4n) is 3.45. The highest BCUT2D eigenvalue weighted by molar-refractivity contribution is 6.11. The van der Waals surface area contributed by atoms with Crippen LogP contribution in [0.5, 0.6) is 5.75 Å². The Balaban J connectivity index is 1.58. The van der Waals surface area contributed by atoms with E-state index in [1.54, 1.807) is 19.1 Å². The third-order valence-electron chi connectivity index (χ3n) is 5.20. The van der Waals surface area contributed by atoms with Gasteiger partial charge in [-0.25, -0.2) is 4.98 Å². The molecule has 0 saturated heterocycles. The zero-order valence-electron chi connectivity index (χ0n) is 18.2. The van der Waals surface area contributed by atoms with E-state index in [1.807, 2.05) is 6.07 Å². The Morgan fingerprint density at radius 3 is 2.69 bits per heavy atom. The molecule has 0 fully saturated rings. The Kier molecular flexibility index (Phi) is 6.25. The second-order valence-corrected chi connectivity index (χ2v) is 7.65. The Bertz CT molecular complexity index is 1490. The van der Waals surface area contributed by atoms with Gasteiger partial charge in [0.05, 0.1) is 40.1 Å². The standard InChI is InChI=1S/C25H17F3N4O3/c1-14-7-20-21(31-13-30-20)10-19(14)32-23(33)12-35-22-6-5-17(25(26,27)28)9-18(22)24(34)16-4-2-3-15(8-16)11-29/h2-10,13H,12H2,1H3,(H,30,31)(H,32,33). The van der Waals surface area contributed by atoms with Crippen LogP contribution in [-0.2, 0) is 11.0 Å². The predicted molar refractivity (Wildman–Crippen MR) is 121 cm³/mol. The molecule has 35 heavy (non-hydrogen) atoms. The number of aryl methyl sites for hydroxylation is 1. The van der Waals surface area contributed by atoms with E-state index in [1.165, 1.54) is 30.6 Å². The number of carbonyl (C=O) groups is 2. The summed E-state index contributed by atoms with van der Waals surface area (Å²) in [5, 5.41) is 11.7. The van der Waals surface area contributed by atoms with Gasteiger partial charge in [0.2, 0.25) is 0 Å². The first-order chi connectivity index (χ1) is 16.7. The number of nitriles is 1. The van der Waals surface area contributed by atoms with Gasteiger partial charge in [-0.15, -0.1) is 0 Å². The predicted octanol–water partition coefficient (Wildman–Crippen LogP) is 5.01. The second kappa shape index (κ2) is 9.30. The van der Waals surface area contributed by atoms with Crippen molar-refractivity contribution in [2.45, 2.75) is 13.1 Å². The highest BCUT2D eigenvalue weighted by Gasteiger charge is 2.32. The molecule has 3 aromatic carbocycles. The largest absolute Gasteiger partial charge is 0.483 e. The molecule has 0 saturated carbocycles. The molecule has 0 unspecified atom stereocenters. The van der Waals surface area contributed by atoms with Crippen molar-refractivity contribution in [1.29, 1.82) is 5.26 Å². The topological polar surface area (TPSA) is 108 Å². The Morgan fingerprint density at radius 2 is 1.94 bits per heavy atom. The highest BCUT2D eigenvalue weighted by Crippen LogP contribution is 2.33. The molecule has 0 atom stereocenters. The van der Waals surface area contributed by atoms with Crippen LogP contribution in [0.4, 0.5) is 18.9 Å². The average Bonchev–Trinajstić information content (AvgIpc) is 3.28. The number of benzene rings is 3. The number of anilines is 1. The summed E-state index contributed by atoms with van der Waals surface area (Å²) in [6.07, 6.45) is -3.17. The molecule has 10 heteroatoms. The van der Waals surface area contributed by atoms with E-state index in [0.29, 0.717) is 17.3 Å². The normalized spacial score (nSPS) is 11.2. The third-order valence-corrected chi connectivity index (χ3v) is 5.20. The van der Waals surface area contributed by atoms with Gasteiger partial charge in [0.1, 0.15) is 5.75 Å². The number of nitrogens with zero attached hydrogens (tertiary/aromatic N) is 2. The number of nitrogens with one attached hydrogen (secondary N) is 2. The van der Waals surface area contributed by atoms with E-state index in [2.05, 4.69) is 15.3 Å². The van der Waals surface area contributed by atoms with Crippen molar-refractivity contribution >= 4 is 28.4 Å². The molecule has 0 radical (unpaired) electrons. The molecule has 2 N–H and O–H groups in total. The van der Waals surface area contributed by atoms with Crippen LogP contribution in [0, 0.1) is 18.3 Å². The van der Waals surface area contributed by atoms with Gasteiger partial charge in [-0.05, 0) is 55.0 Å². The number of aromatic nitrogens is 2. The monoisotopic (exact) mass is 478 g/mol. The number of rotatable bonds is 6. The van der Waals surface area contributed by atoms with E-state index in [9.17, 15) is 22.8 Å². The molecule has 1 aromatic heterocycles. The number of hydrogen-bond acceptors (Lipinski definition) is 5. The molecule has 176 valence electrons. The van der Waals surface area contributed by atoms with Gasteiger partial charge in [-0.1, -0.05) is 12.1 Å². The fourth-order valence-corrected chi connectivity index (χ4v) is 3.45. The number of aromatic amines is 1. The van der Waals surface area contributed by atoms with Gasteiger partial charge in [-0.3, -0.25) is 9.59 Å². The Morgan fingerprint density at radius 1 is 1.14 bits per heavy atom. The SMILES string of the molecule is Cc1cc2nc[nH]c2cc1NC(=O)COc1ccc(C(F)(F)F)cc1C(=O)c1cccc(C#N)c1. The van der Waals surface area contributed by atoms with Crippen LogP contribution < -0.4 is 10.1 Å². The van der Waals surface area contributed by atoms with Gasteiger partial charge >= 0.3 is 6.18 Å². The second-order valence-electron chi connectivity index (χ2n) is 7.65. The maximum Gasteiger partial charge on any atom is 0.416 e. The summed E-state index contributed by atoms with van der Waals surface area (Å²) in [5.41, 5.74) is 1.46. The van der Waals surface area contributed by atoms with Crippen LogP contribution >= 0.6 is 0 Å². The molecular formula is C25H17F3N4O3. The number of carbonyl (C=O) groups excluding carboxylic acids is 2. The minimum absolute atomic E-state index is 0.0150. The Labute approximate surface area is 197 Å². The van der Waals surface area contributed by atoms with Gasteiger partial charge in [0, 0.05) is 11.3 Å². The zero-order chi connectivity index (χ0) is 25.2. The van der Waals surface area contributed by atoms with Gasteiger partial charge in [0.25, 0.3) is 5.91 Å². The first-order valence-corrected chi connectivity index (χ1v) is 10.3. The molecule has 0 aliphatic carbocycles. The number of halogens is 3. The van der Waals surface area contributed by atoms with Crippen LogP contribution in [0.3, 0.4) is 0 Å². The molecule has 0 aliphatic rings. The number of amides is 1. The smallest absolute Gasteiger partial charge is 0.416 e. The van der Waals surface area contributed by atoms with Crippen molar-refractivity contribution in [2.24, 2.45) is 0 Å². The molecule has 4 rings (SSSR count). The lowest BCUT2D eigenvalue weighted by Gasteiger charge is -2.15. The maximum absolute atomic E-state index is 13.3. The van der Waals surface area contributed by atoms with E-state index < -0.39 is 30.0 Å². The number of alkyl halides is 3. The van der Waals surface area contributed by atoms with Crippen molar-refractivity contribution in [3.8, 4) is 11.8 Å². The molecule has 0 spiro atoms. The van der Waals surface area contributed by atoms with Gasteiger partial charge in [-0.2, -0.15) is 18.4 Å². The first kappa shape index (κ1) is 23.5. The lowest BCUT2D eigenvalue weighted by molar-refractivity contribution is -0.137. The average molecular weight is 478 g/mol. The molecular weight excluding hydrogens is 461 g/mol. The lowest BCUT2D eigenvalue weighted by Crippen LogP contribution is -2.21. The summed E-state index contributed by atoms with van der Waals surface area (Å²) in [4.78, 5) is 32.6. The van der Waals surface area contributed by atoms with Crippen molar-refractivity contribution in [3.63, 3.8) is 0 Å². The molecule has 0 aliphatic heterocycles. The summed E-state index contributed by atoms with van der Waals surface area (Å²) in [5.74, 6) is -1.54.